The first-order valence-electron chi connectivity index (χ1n) is 8.01. The van der Waals surface area contributed by atoms with Crippen molar-refractivity contribution in [2.24, 2.45) is 0 Å². The van der Waals surface area contributed by atoms with Crippen LogP contribution in [0.4, 0.5) is 0 Å². The quantitative estimate of drug-likeness (QED) is 0.753. The van der Waals surface area contributed by atoms with Gasteiger partial charge in [0, 0.05) is 29.6 Å². The molecule has 1 aromatic rings. The highest BCUT2D eigenvalue weighted by Crippen LogP contribution is 2.22. The summed E-state index contributed by atoms with van der Waals surface area (Å²) >= 11 is 0. The molecule has 0 amide bonds. The number of aromatic nitrogens is 2. The van der Waals surface area contributed by atoms with E-state index in [9.17, 15) is 8.42 Å². The highest BCUT2D eigenvalue weighted by molar-refractivity contribution is 7.91. The van der Waals surface area contributed by atoms with Gasteiger partial charge in [0.25, 0.3) is 0 Å². The van der Waals surface area contributed by atoms with Crippen molar-refractivity contribution in [3.05, 3.63) is 17.0 Å². The predicted octanol–water partition coefficient (Wildman–Crippen LogP) is 1.69. The molecule has 0 radical (unpaired) electrons. The lowest BCUT2D eigenvalue weighted by Gasteiger charge is -2.09. The number of nitrogens with one attached hydrogen (secondary N) is 1. The number of nitrogens with zero attached hydrogens (tertiary/aromatic N) is 2. The summed E-state index contributed by atoms with van der Waals surface area (Å²) in [6, 6.07) is 0.670. The molecule has 1 saturated carbocycles. The monoisotopic (exact) mass is 313 g/mol. The van der Waals surface area contributed by atoms with Crippen LogP contribution in [0.2, 0.25) is 0 Å². The smallest absolute Gasteiger partial charge is 0.151 e. The second-order valence-electron chi connectivity index (χ2n) is 5.69. The number of sulfone groups is 1. The maximum Gasteiger partial charge on any atom is 0.151 e. The zero-order chi connectivity index (χ0) is 15.5. The standard InChI is InChI=1S/C15H27N3O2S/c1-4-14-13(11-16-12-7-8-12)15(5-2)18(17-14)9-10-21(19,20)6-3/h12,16H,4-11H2,1-3H3. The molecule has 1 N–H and O–H groups in total. The SMILES string of the molecule is CCc1nn(CCS(=O)(=O)CC)c(CC)c1CNC1CC1. The van der Waals surface area contributed by atoms with E-state index in [4.69, 9.17) is 0 Å². The van der Waals surface area contributed by atoms with Gasteiger partial charge >= 0.3 is 0 Å². The van der Waals surface area contributed by atoms with E-state index in [1.54, 1.807) is 6.92 Å². The Kier molecular flexibility index (Phi) is 5.43. The van der Waals surface area contributed by atoms with E-state index in [-0.39, 0.29) is 11.5 Å². The Hall–Kier alpha value is -0.880. The fourth-order valence-electron chi connectivity index (χ4n) is 2.56. The average Bonchev–Trinajstić information content (AvgIpc) is 3.23. The summed E-state index contributed by atoms with van der Waals surface area (Å²) in [5.74, 6) is 0.378. The fourth-order valence-corrected chi connectivity index (χ4v) is 3.30. The molecule has 0 bridgehead atoms. The lowest BCUT2D eigenvalue weighted by Crippen LogP contribution is -2.19. The van der Waals surface area contributed by atoms with Crippen molar-refractivity contribution >= 4 is 9.84 Å². The molecule has 1 heterocycles. The van der Waals surface area contributed by atoms with Crippen LogP contribution in [0.1, 0.15) is 50.6 Å². The molecular formula is C15H27N3O2S. The first-order valence-corrected chi connectivity index (χ1v) is 9.84. The maximum absolute atomic E-state index is 11.7. The minimum atomic E-state index is -2.95. The lowest BCUT2D eigenvalue weighted by atomic mass is 10.1. The summed E-state index contributed by atoms with van der Waals surface area (Å²) in [7, 11) is -2.95. The topological polar surface area (TPSA) is 64.0 Å². The van der Waals surface area contributed by atoms with Crippen LogP contribution in [-0.2, 0) is 35.8 Å². The van der Waals surface area contributed by atoms with Crippen molar-refractivity contribution in [3.8, 4) is 0 Å². The summed E-state index contributed by atoms with van der Waals surface area (Å²) in [6.45, 7) is 7.24. The van der Waals surface area contributed by atoms with Gasteiger partial charge < -0.3 is 5.32 Å². The molecule has 2 rings (SSSR count). The lowest BCUT2D eigenvalue weighted by molar-refractivity contribution is 0.572. The normalized spacial score (nSPS) is 15.6. The molecule has 120 valence electrons. The van der Waals surface area contributed by atoms with Crippen molar-refractivity contribution in [1.29, 1.82) is 0 Å². The Bertz CT molecular complexity index is 574. The van der Waals surface area contributed by atoms with Gasteiger partial charge in [-0.2, -0.15) is 5.10 Å². The zero-order valence-electron chi connectivity index (χ0n) is 13.4. The third kappa shape index (κ3) is 4.30. The van der Waals surface area contributed by atoms with Crippen LogP contribution >= 0.6 is 0 Å². The van der Waals surface area contributed by atoms with Gasteiger partial charge in [0.1, 0.15) is 0 Å². The Morgan fingerprint density at radius 2 is 1.95 bits per heavy atom. The Labute approximate surface area is 128 Å². The molecule has 0 aromatic carbocycles. The van der Waals surface area contributed by atoms with Gasteiger partial charge in [-0.15, -0.1) is 0 Å². The minimum Gasteiger partial charge on any atom is -0.310 e. The number of hydrogen-bond donors (Lipinski definition) is 1. The first kappa shape index (κ1) is 16.5. The van der Waals surface area contributed by atoms with E-state index >= 15 is 0 Å². The average molecular weight is 313 g/mol. The van der Waals surface area contributed by atoms with Crippen LogP contribution < -0.4 is 5.32 Å². The van der Waals surface area contributed by atoms with E-state index in [1.807, 2.05) is 4.68 Å². The van der Waals surface area contributed by atoms with Crippen LogP contribution in [0, 0.1) is 0 Å². The molecule has 1 aromatic heterocycles. The molecule has 0 saturated heterocycles. The molecular weight excluding hydrogens is 286 g/mol. The van der Waals surface area contributed by atoms with E-state index < -0.39 is 9.84 Å². The van der Waals surface area contributed by atoms with Crippen molar-refractivity contribution in [2.75, 3.05) is 11.5 Å². The van der Waals surface area contributed by atoms with Gasteiger partial charge in [0.2, 0.25) is 0 Å². The molecule has 5 nitrogen and oxygen atoms in total. The molecule has 1 aliphatic rings. The molecule has 6 heteroatoms. The summed E-state index contributed by atoms with van der Waals surface area (Å²) in [4.78, 5) is 0. The minimum absolute atomic E-state index is 0.177. The van der Waals surface area contributed by atoms with E-state index in [0.29, 0.717) is 12.6 Å². The molecule has 1 fully saturated rings. The summed E-state index contributed by atoms with van der Waals surface area (Å²) in [5, 5.41) is 8.20. The van der Waals surface area contributed by atoms with Gasteiger partial charge in [-0.3, -0.25) is 4.68 Å². The van der Waals surface area contributed by atoms with Crippen molar-refractivity contribution in [2.45, 2.75) is 65.6 Å². The van der Waals surface area contributed by atoms with Crippen LogP contribution in [0.25, 0.3) is 0 Å². The Morgan fingerprint density at radius 3 is 2.48 bits per heavy atom. The summed E-state index contributed by atoms with van der Waals surface area (Å²) < 4.78 is 25.3. The van der Waals surface area contributed by atoms with Crippen LogP contribution in [-0.4, -0.2) is 35.7 Å². The highest BCUT2D eigenvalue weighted by atomic mass is 32.2. The van der Waals surface area contributed by atoms with Gasteiger partial charge in [-0.1, -0.05) is 20.8 Å². The van der Waals surface area contributed by atoms with Gasteiger partial charge in [0.15, 0.2) is 9.84 Å². The summed E-state index contributed by atoms with van der Waals surface area (Å²) in [6.07, 6.45) is 4.32. The second kappa shape index (κ2) is 6.92. The molecule has 1 aliphatic carbocycles. The third-order valence-electron chi connectivity index (χ3n) is 4.12. The maximum atomic E-state index is 11.7. The van der Waals surface area contributed by atoms with Gasteiger partial charge in [-0.25, -0.2) is 8.42 Å². The molecule has 0 spiro atoms. The Morgan fingerprint density at radius 1 is 1.24 bits per heavy atom. The molecule has 0 unspecified atom stereocenters. The van der Waals surface area contributed by atoms with Crippen molar-refractivity contribution < 1.29 is 8.42 Å². The number of rotatable bonds is 9. The fraction of sp³-hybridized carbons (Fsp3) is 0.800. The zero-order valence-corrected chi connectivity index (χ0v) is 14.2. The third-order valence-corrected chi connectivity index (χ3v) is 5.80. The molecule has 0 aliphatic heterocycles. The van der Waals surface area contributed by atoms with Crippen molar-refractivity contribution in [1.82, 2.24) is 15.1 Å². The number of hydrogen-bond acceptors (Lipinski definition) is 4. The summed E-state index contributed by atoms with van der Waals surface area (Å²) in [5.41, 5.74) is 3.57. The van der Waals surface area contributed by atoms with E-state index in [2.05, 4.69) is 24.3 Å². The van der Waals surface area contributed by atoms with Gasteiger partial charge in [-0.05, 0) is 25.7 Å². The van der Waals surface area contributed by atoms with E-state index in [1.165, 1.54) is 24.1 Å². The van der Waals surface area contributed by atoms with E-state index in [0.717, 1.165) is 25.1 Å². The first-order chi connectivity index (χ1) is 10.0. The highest BCUT2D eigenvalue weighted by Gasteiger charge is 2.23. The van der Waals surface area contributed by atoms with Gasteiger partial charge in [0.05, 0.1) is 18.0 Å². The Balaban J connectivity index is 2.15. The van der Waals surface area contributed by atoms with Crippen LogP contribution in [0.3, 0.4) is 0 Å². The number of aryl methyl sites for hydroxylation is 2. The molecule has 0 atom stereocenters. The predicted molar refractivity (Wildman–Crippen MR) is 85.2 cm³/mol. The molecule has 21 heavy (non-hydrogen) atoms. The second-order valence-corrected chi connectivity index (χ2v) is 8.17. The van der Waals surface area contributed by atoms with Crippen LogP contribution in [0.5, 0.6) is 0 Å². The van der Waals surface area contributed by atoms with Crippen molar-refractivity contribution in [3.63, 3.8) is 0 Å². The van der Waals surface area contributed by atoms with Crippen LogP contribution in [0.15, 0.2) is 0 Å². The largest absolute Gasteiger partial charge is 0.310 e.